The van der Waals surface area contributed by atoms with Crippen LogP contribution in [0.2, 0.25) is 0 Å². The van der Waals surface area contributed by atoms with Gasteiger partial charge in [0.25, 0.3) is 5.91 Å². The quantitative estimate of drug-likeness (QED) is 0.445. The SMILES string of the molecule is C=C=CCCNC(=O)c1nc2ccccc2nc1Sc1ccc(Br)cc1. The summed E-state index contributed by atoms with van der Waals surface area (Å²) in [6, 6.07) is 15.4. The molecule has 0 atom stereocenters. The molecule has 0 unspecified atom stereocenters. The third-order valence-electron chi connectivity index (χ3n) is 3.50. The number of benzene rings is 2. The first kappa shape index (κ1) is 18.4. The molecule has 130 valence electrons. The van der Waals surface area contributed by atoms with Crippen LogP contribution in [-0.2, 0) is 0 Å². The largest absolute Gasteiger partial charge is 0.350 e. The molecule has 26 heavy (non-hydrogen) atoms. The van der Waals surface area contributed by atoms with Crippen molar-refractivity contribution < 1.29 is 4.79 Å². The van der Waals surface area contributed by atoms with E-state index in [4.69, 9.17) is 0 Å². The summed E-state index contributed by atoms with van der Waals surface area (Å²) in [5.74, 6) is -0.236. The summed E-state index contributed by atoms with van der Waals surface area (Å²) in [5, 5.41) is 3.46. The lowest BCUT2D eigenvalue weighted by atomic mass is 10.3. The Balaban J connectivity index is 1.94. The predicted molar refractivity (Wildman–Crippen MR) is 108 cm³/mol. The predicted octanol–water partition coefficient (Wildman–Crippen LogP) is 5.00. The summed E-state index contributed by atoms with van der Waals surface area (Å²) in [5.41, 5.74) is 4.48. The van der Waals surface area contributed by atoms with E-state index in [9.17, 15) is 4.79 Å². The number of fused-ring (bicyclic) bond motifs is 1. The fourth-order valence-corrected chi connectivity index (χ4v) is 3.40. The van der Waals surface area contributed by atoms with Gasteiger partial charge in [-0.3, -0.25) is 4.79 Å². The Hall–Kier alpha value is -2.40. The summed E-state index contributed by atoms with van der Waals surface area (Å²) in [6.07, 6.45) is 2.45. The molecule has 1 aromatic heterocycles. The number of rotatable bonds is 6. The van der Waals surface area contributed by atoms with Crippen LogP contribution in [0.4, 0.5) is 0 Å². The molecule has 1 heterocycles. The average molecular weight is 426 g/mol. The van der Waals surface area contributed by atoms with E-state index >= 15 is 0 Å². The smallest absolute Gasteiger partial charge is 0.272 e. The maximum atomic E-state index is 12.6. The minimum atomic E-state index is -0.236. The van der Waals surface area contributed by atoms with Crippen LogP contribution in [0.5, 0.6) is 0 Å². The van der Waals surface area contributed by atoms with E-state index in [2.05, 4.69) is 43.5 Å². The molecule has 0 fully saturated rings. The minimum Gasteiger partial charge on any atom is -0.350 e. The third-order valence-corrected chi connectivity index (χ3v) is 5.01. The first-order chi connectivity index (χ1) is 12.7. The van der Waals surface area contributed by atoms with Crippen molar-refractivity contribution >= 4 is 44.6 Å². The molecule has 0 saturated carbocycles. The highest BCUT2D eigenvalue weighted by Gasteiger charge is 2.17. The van der Waals surface area contributed by atoms with Crippen molar-refractivity contribution in [3.05, 3.63) is 77.1 Å². The number of para-hydroxylation sites is 2. The van der Waals surface area contributed by atoms with Gasteiger partial charge in [0, 0.05) is 15.9 Å². The zero-order valence-electron chi connectivity index (χ0n) is 13.9. The number of hydrogen-bond donors (Lipinski definition) is 1. The molecular formula is C20H16BrN3OS. The minimum absolute atomic E-state index is 0.236. The summed E-state index contributed by atoms with van der Waals surface area (Å²) in [4.78, 5) is 22.8. The summed E-state index contributed by atoms with van der Waals surface area (Å²) >= 11 is 4.85. The van der Waals surface area contributed by atoms with Crippen molar-refractivity contribution in [2.75, 3.05) is 6.54 Å². The molecule has 0 aliphatic heterocycles. The Morgan fingerprint density at radius 3 is 2.54 bits per heavy atom. The molecule has 1 amide bonds. The molecule has 3 rings (SSSR count). The van der Waals surface area contributed by atoms with Gasteiger partial charge in [0.2, 0.25) is 0 Å². The second-order valence-corrected chi connectivity index (χ2v) is 7.35. The molecule has 6 heteroatoms. The maximum Gasteiger partial charge on any atom is 0.272 e. The Labute approximate surface area is 164 Å². The molecule has 0 spiro atoms. The van der Waals surface area contributed by atoms with E-state index in [1.807, 2.05) is 48.5 Å². The molecule has 3 aromatic rings. The second kappa shape index (κ2) is 8.81. The van der Waals surface area contributed by atoms with Crippen LogP contribution >= 0.6 is 27.7 Å². The number of hydrogen-bond acceptors (Lipinski definition) is 4. The summed E-state index contributed by atoms with van der Waals surface area (Å²) in [6.45, 7) is 4.01. The lowest BCUT2D eigenvalue weighted by Crippen LogP contribution is -2.26. The van der Waals surface area contributed by atoms with E-state index in [0.29, 0.717) is 29.2 Å². The van der Waals surface area contributed by atoms with E-state index in [0.717, 1.165) is 14.9 Å². The number of amides is 1. The first-order valence-electron chi connectivity index (χ1n) is 8.00. The van der Waals surface area contributed by atoms with E-state index in [1.165, 1.54) is 11.8 Å². The Morgan fingerprint density at radius 2 is 1.85 bits per heavy atom. The van der Waals surface area contributed by atoms with E-state index in [1.54, 1.807) is 6.08 Å². The second-order valence-electron chi connectivity index (χ2n) is 5.37. The molecule has 4 nitrogen and oxygen atoms in total. The van der Waals surface area contributed by atoms with Gasteiger partial charge in [0.1, 0.15) is 5.03 Å². The van der Waals surface area contributed by atoms with Crippen LogP contribution in [-0.4, -0.2) is 22.4 Å². The molecule has 0 aliphatic rings. The highest BCUT2D eigenvalue weighted by atomic mass is 79.9. The van der Waals surface area contributed by atoms with Gasteiger partial charge in [-0.2, -0.15) is 0 Å². The van der Waals surface area contributed by atoms with Crippen molar-refractivity contribution in [3.8, 4) is 0 Å². The topological polar surface area (TPSA) is 54.9 Å². The van der Waals surface area contributed by atoms with Crippen LogP contribution in [0, 0.1) is 0 Å². The number of carbonyl (C=O) groups excluding carboxylic acids is 1. The third kappa shape index (κ3) is 4.61. The van der Waals surface area contributed by atoms with Crippen LogP contribution in [0.1, 0.15) is 16.9 Å². The van der Waals surface area contributed by atoms with Crippen LogP contribution in [0.3, 0.4) is 0 Å². The van der Waals surface area contributed by atoms with Gasteiger partial charge in [-0.25, -0.2) is 9.97 Å². The first-order valence-corrected chi connectivity index (χ1v) is 9.61. The van der Waals surface area contributed by atoms with Crippen molar-refractivity contribution in [3.63, 3.8) is 0 Å². The number of halogens is 1. The fourth-order valence-electron chi connectivity index (χ4n) is 2.26. The molecule has 1 N–H and O–H groups in total. The van der Waals surface area contributed by atoms with Crippen LogP contribution in [0.15, 0.2) is 81.3 Å². The van der Waals surface area contributed by atoms with Gasteiger partial charge in [0.05, 0.1) is 11.0 Å². The normalized spacial score (nSPS) is 10.3. The Morgan fingerprint density at radius 1 is 1.15 bits per heavy atom. The number of carbonyl (C=O) groups is 1. The van der Waals surface area contributed by atoms with E-state index in [-0.39, 0.29) is 5.91 Å². The monoisotopic (exact) mass is 425 g/mol. The molecule has 0 radical (unpaired) electrons. The van der Waals surface area contributed by atoms with Gasteiger partial charge in [-0.05, 0) is 48.9 Å². The van der Waals surface area contributed by atoms with Gasteiger partial charge in [0.15, 0.2) is 5.69 Å². The lowest BCUT2D eigenvalue weighted by Gasteiger charge is -2.10. The number of nitrogens with one attached hydrogen (secondary N) is 1. The molecule has 0 bridgehead atoms. The standard InChI is InChI=1S/C20H16BrN3OS/c1-2-3-6-13-22-19(25)18-20(26-15-11-9-14(21)10-12-15)24-17-8-5-4-7-16(17)23-18/h3-5,7-12H,1,6,13H2,(H,22,25). The van der Waals surface area contributed by atoms with Gasteiger partial charge < -0.3 is 5.32 Å². The van der Waals surface area contributed by atoms with Gasteiger partial charge in [-0.1, -0.05) is 46.4 Å². The number of aromatic nitrogens is 2. The molecule has 0 saturated heterocycles. The Bertz CT molecular complexity index is 982. The van der Waals surface area contributed by atoms with Crippen molar-refractivity contribution in [2.45, 2.75) is 16.3 Å². The van der Waals surface area contributed by atoms with Crippen molar-refractivity contribution in [1.29, 1.82) is 0 Å². The van der Waals surface area contributed by atoms with Crippen molar-refractivity contribution in [1.82, 2.24) is 15.3 Å². The summed E-state index contributed by atoms with van der Waals surface area (Å²) in [7, 11) is 0. The molecule has 0 aliphatic carbocycles. The molecular weight excluding hydrogens is 410 g/mol. The molecule has 2 aromatic carbocycles. The lowest BCUT2D eigenvalue weighted by molar-refractivity contribution is 0.0946. The Kier molecular flexibility index (Phi) is 6.23. The van der Waals surface area contributed by atoms with E-state index < -0.39 is 0 Å². The zero-order chi connectivity index (χ0) is 18.4. The van der Waals surface area contributed by atoms with Crippen molar-refractivity contribution in [2.24, 2.45) is 0 Å². The maximum absolute atomic E-state index is 12.6. The summed E-state index contributed by atoms with van der Waals surface area (Å²) < 4.78 is 1.000. The van der Waals surface area contributed by atoms with Crippen LogP contribution < -0.4 is 5.32 Å². The average Bonchev–Trinajstić information content (AvgIpc) is 2.66. The fraction of sp³-hybridized carbons (Fsp3) is 0.100. The zero-order valence-corrected chi connectivity index (χ0v) is 16.3. The van der Waals surface area contributed by atoms with Crippen LogP contribution in [0.25, 0.3) is 11.0 Å². The highest BCUT2D eigenvalue weighted by molar-refractivity contribution is 9.10. The van der Waals surface area contributed by atoms with Gasteiger partial charge >= 0.3 is 0 Å². The number of nitrogens with zero attached hydrogens (tertiary/aromatic N) is 2. The highest BCUT2D eigenvalue weighted by Crippen LogP contribution is 2.30. The van der Waals surface area contributed by atoms with Gasteiger partial charge in [-0.15, -0.1) is 5.73 Å².